The minimum Gasteiger partial charge on any atom is -0.507 e. The molecule has 3 rings (SSSR count). The fourth-order valence-corrected chi connectivity index (χ4v) is 2.34. The zero-order chi connectivity index (χ0) is 16.4. The molecule has 2 aromatic carbocycles. The lowest BCUT2D eigenvalue weighted by molar-refractivity contribution is 0.0333. The first-order chi connectivity index (χ1) is 11.1. The summed E-state index contributed by atoms with van der Waals surface area (Å²) in [5.74, 6) is -0.985. The molecule has 8 heteroatoms. The van der Waals surface area contributed by atoms with Crippen LogP contribution in [0.15, 0.2) is 51.7 Å². The lowest BCUT2D eigenvalue weighted by Crippen LogP contribution is -2.26. The van der Waals surface area contributed by atoms with E-state index in [1.807, 2.05) is 0 Å². The van der Waals surface area contributed by atoms with Gasteiger partial charge in [0.25, 0.3) is 5.56 Å². The number of rotatable bonds is 3. The van der Waals surface area contributed by atoms with E-state index in [2.05, 4.69) is 26.2 Å². The summed E-state index contributed by atoms with van der Waals surface area (Å²) in [6.07, 6.45) is 0. The molecule has 0 atom stereocenters. The van der Waals surface area contributed by atoms with E-state index in [0.717, 1.165) is 4.68 Å². The molecule has 0 saturated carbocycles. The van der Waals surface area contributed by atoms with Gasteiger partial charge in [0.15, 0.2) is 6.73 Å². The maximum atomic E-state index is 12.2. The van der Waals surface area contributed by atoms with Crippen molar-refractivity contribution in [2.45, 2.75) is 6.73 Å². The van der Waals surface area contributed by atoms with Crippen LogP contribution in [0.3, 0.4) is 0 Å². The summed E-state index contributed by atoms with van der Waals surface area (Å²) >= 11 is 3.20. The number of ether oxygens (including phenoxy) is 1. The van der Waals surface area contributed by atoms with Gasteiger partial charge in [-0.2, -0.15) is 4.68 Å². The first kappa shape index (κ1) is 15.2. The summed E-state index contributed by atoms with van der Waals surface area (Å²) in [7, 11) is 0. The Bertz CT molecular complexity index is 955. The van der Waals surface area contributed by atoms with Crippen molar-refractivity contribution in [3.05, 3.63) is 62.9 Å². The Morgan fingerprint density at radius 1 is 1.26 bits per heavy atom. The van der Waals surface area contributed by atoms with Crippen molar-refractivity contribution in [3.8, 4) is 5.75 Å². The lowest BCUT2D eigenvalue weighted by atomic mass is 10.2. The van der Waals surface area contributed by atoms with Crippen LogP contribution in [0.5, 0.6) is 5.75 Å². The van der Waals surface area contributed by atoms with Crippen molar-refractivity contribution in [1.82, 2.24) is 15.0 Å². The van der Waals surface area contributed by atoms with E-state index in [1.165, 1.54) is 12.1 Å². The molecule has 3 aromatic rings. The number of hydrogen-bond acceptors (Lipinski definition) is 6. The highest BCUT2D eigenvalue weighted by Crippen LogP contribution is 2.22. The smallest absolute Gasteiger partial charge is 0.343 e. The van der Waals surface area contributed by atoms with Gasteiger partial charge in [0, 0.05) is 4.47 Å². The summed E-state index contributed by atoms with van der Waals surface area (Å²) < 4.78 is 6.58. The summed E-state index contributed by atoms with van der Waals surface area (Å²) in [5.41, 5.74) is 0.0350. The molecule has 0 saturated heterocycles. The van der Waals surface area contributed by atoms with Gasteiger partial charge in [0.05, 0.1) is 5.39 Å². The number of nitrogens with zero attached hydrogens (tertiary/aromatic N) is 3. The monoisotopic (exact) mass is 375 g/mol. The molecule has 0 spiro atoms. The zero-order valence-corrected chi connectivity index (χ0v) is 13.2. The Morgan fingerprint density at radius 3 is 2.87 bits per heavy atom. The number of phenolic OH excluding ortho intramolecular Hbond substituents is 1. The summed E-state index contributed by atoms with van der Waals surface area (Å²) in [4.78, 5) is 24.2. The molecule has 0 radical (unpaired) electrons. The molecular formula is C15H10BrN3O4. The fourth-order valence-electron chi connectivity index (χ4n) is 1.98. The van der Waals surface area contributed by atoms with Crippen molar-refractivity contribution in [2.24, 2.45) is 0 Å². The number of halogens is 1. The van der Waals surface area contributed by atoms with Crippen molar-refractivity contribution >= 4 is 32.8 Å². The molecular weight excluding hydrogens is 366 g/mol. The summed E-state index contributed by atoms with van der Waals surface area (Å²) in [6.45, 7) is -0.401. The largest absolute Gasteiger partial charge is 0.507 e. The molecule has 1 aromatic heterocycles. The third-order valence-electron chi connectivity index (χ3n) is 3.13. The zero-order valence-electron chi connectivity index (χ0n) is 11.6. The first-order valence-electron chi connectivity index (χ1n) is 6.54. The summed E-state index contributed by atoms with van der Waals surface area (Å²) in [6, 6.07) is 11.1. The second-order valence-corrected chi connectivity index (χ2v) is 5.55. The van der Waals surface area contributed by atoms with Crippen LogP contribution in [-0.4, -0.2) is 26.1 Å². The predicted octanol–water partition coefficient (Wildman–Crippen LogP) is 2.07. The van der Waals surface area contributed by atoms with E-state index < -0.39 is 18.3 Å². The molecule has 0 unspecified atom stereocenters. The number of carbonyl (C=O) groups excluding carboxylic acids is 1. The van der Waals surface area contributed by atoms with Crippen molar-refractivity contribution < 1.29 is 14.6 Å². The number of esters is 1. The normalized spacial score (nSPS) is 10.7. The fraction of sp³-hybridized carbons (Fsp3) is 0.0667. The van der Waals surface area contributed by atoms with Gasteiger partial charge in [0.1, 0.15) is 16.8 Å². The molecule has 0 fully saturated rings. The van der Waals surface area contributed by atoms with Crippen LogP contribution in [0.4, 0.5) is 0 Å². The van der Waals surface area contributed by atoms with E-state index in [9.17, 15) is 14.7 Å². The second-order valence-electron chi connectivity index (χ2n) is 4.63. The van der Waals surface area contributed by atoms with E-state index in [4.69, 9.17) is 4.74 Å². The van der Waals surface area contributed by atoms with Crippen LogP contribution in [0.2, 0.25) is 0 Å². The average molecular weight is 376 g/mol. The average Bonchev–Trinajstić information content (AvgIpc) is 2.56. The molecule has 0 aliphatic heterocycles. The van der Waals surface area contributed by atoms with Crippen LogP contribution in [-0.2, 0) is 11.5 Å². The molecule has 0 amide bonds. The van der Waals surface area contributed by atoms with Gasteiger partial charge in [-0.05, 0) is 30.3 Å². The van der Waals surface area contributed by atoms with E-state index in [-0.39, 0.29) is 11.3 Å². The van der Waals surface area contributed by atoms with E-state index >= 15 is 0 Å². The van der Waals surface area contributed by atoms with Crippen molar-refractivity contribution in [3.63, 3.8) is 0 Å². The predicted molar refractivity (Wildman–Crippen MR) is 85.0 cm³/mol. The van der Waals surface area contributed by atoms with Gasteiger partial charge < -0.3 is 9.84 Å². The van der Waals surface area contributed by atoms with Gasteiger partial charge in [-0.25, -0.2) is 4.79 Å². The topological polar surface area (TPSA) is 94.3 Å². The Hall–Kier alpha value is -2.74. The third kappa shape index (κ3) is 3.07. The Labute approximate surface area is 138 Å². The molecule has 0 aliphatic carbocycles. The van der Waals surface area contributed by atoms with E-state index in [1.54, 1.807) is 30.3 Å². The van der Waals surface area contributed by atoms with Crippen LogP contribution in [0.1, 0.15) is 10.4 Å². The minimum atomic E-state index is -0.773. The molecule has 1 N–H and O–H groups in total. The highest BCUT2D eigenvalue weighted by atomic mass is 79.9. The Kier molecular flexibility index (Phi) is 4.07. The van der Waals surface area contributed by atoms with Gasteiger partial charge in [-0.15, -0.1) is 5.10 Å². The molecule has 1 heterocycles. The van der Waals surface area contributed by atoms with Gasteiger partial charge in [-0.3, -0.25) is 4.79 Å². The van der Waals surface area contributed by atoms with Crippen LogP contribution in [0.25, 0.3) is 10.9 Å². The molecule has 0 aliphatic rings. The van der Waals surface area contributed by atoms with Crippen LogP contribution < -0.4 is 5.56 Å². The highest BCUT2D eigenvalue weighted by Gasteiger charge is 2.14. The second kappa shape index (κ2) is 6.17. The maximum absolute atomic E-state index is 12.2. The first-order valence-corrected chi connectivity index (χ1v) is 7.34. The molecule has 23 heavy (non-hydrogen) atoms. The standard InChI is InChI=1S/C15H10BrN3O4/c16-9-5-6-13(20)11(7-9)15(22)23-8-19-14(21)10-3-1-2-4-12(10)17-18-19/h1-7,20H,8H2. The van der Waals surface area contributed by atoms with Gasteiger partial charge in [-0.1, -0.05) is 33.3 Å². The van der Waals surface area contributed by atoms with Crippen molar-refractivity contribution in [1.29, 1.82) is 0 Å². The van der Waals surface area contributed by atoms with Crippen molar-refractivity contribution in [2.75, 3.05) is 0 Å². The number of aromatic nitrogens is 3. The molecule has 7 nitrogen and oxygen atoms in total. The van der Waals surface area contributed by atoms with Crippen LogP contribution >= 0.6 is 15.9 Å². The third-order valence-corrected chi connectivity index (χ3v) is 3.62. The SMILES string of the molecule is O=C(OCn1nnc2ccccc2c1=O)c1cc(Br)ccc1O. The molecule has 0 bridgehead atoms. The van der Waals surface area contributed by atoms with Crippen LogP contribution in [0, 0.1) is 0 Å². The van der Waals surface area contributed by atoms with E-state index in [0.29, 0.717) is 15.4 Å². The Morgan fingerprint density at radius 2 is 2.04 bits per heavy atom. The number of hydrogen-bond donors (Lipinski definition) is 1. The number of fused-ring (bicyclic) bond motifs is 1. The maximum Gasteiger partial charge on any atom is 0.343 e. The summed E-state index contributed by atoms with van der Waals surface area (Å²) in [5, 5.41) is 17.7. The molecule has 116 valence electrons. The van der Waals surface area contributed by atoms with Gasteiger partial charge >= 0.3 is 5.97 Å². The lowest BCUT2D eigenvalue weighted by Gasteiger charge is -2.08. The highest BCUT2D eigenvalue weighted by molar-refractivity contribution is 9.10. The quantitative estimate of drug-likeness (QED) is 0.704. The Balaban J connectivity index is 1.83. The number of aromatic hydroxyl groups is 1. The van der Waals surface area contributed by atoms with Gasteiger partial charge in [0.2, 0.25) is 0 Å². The number of benzene rings is 2. The number of carbonyl (C=O) groups is 1. The minimum absolute atomic E-state index is 0.0128. The number of phenols is 1.